The average molecular weight is 285 g/mol. The Bertz CT molecular complexity index is 420. The highest BCUT2D eigenvalue weighted by Gasteiger charge is 2.07. The van der Waals surface area contributed by atoms with Gasteiger partial charge in [0.15, 0.2) is 0 Å². The van der Waals surface area contributed by atoms with Gasteiger partial charge in [-0.3, -0.25) is 9.59 Å². The Morgan fingerprint density at radius 2 is 1.95 bits per heavy atom. The summed E-state index contributed by atoms with van der Waals surface area (Å²) in [6, 6.07) is 7.29. The van der Waals surface area contributed by atoms with Gasteiger partial charge in [-0.25, -0.2) is 0 Å². The molecule has 0 aromatic heterocycles. The van der Waals surface area contributed by atoms with E-state index in [0.717, 1.165) is 18.7 Å². The van der Waals surface area contributed by atoms with E-state index < -0.39 is 5.97 Å². The highest BCUT2D eigenvalue weighted by atomic mass is 35.5. The van der Waals surface area contributed by atoms with E-state index in [1.54, 1.807) is 12.1 Å². The third-order valence-corrected chi connectivity index (χ3v) is 2.67. The fourth-order valence-corrected chi connectivity index (χ4v) is 1.54. The second kappa shape index (κ2) is 8.50. The minimum atomic E-state index is -0.567. The number of hydrogen-bond donors (Lipinski definition) is 2. The molecule has 1 amide bonds. The normalized spacial score (nSPS) is 10.0. The Kier molecular flexibility index (Phi) is 6.92. The zero-order valence-electron chi connectivity index (χ0n) is 10.7. The molecule has 0 aliphatic rings. The summed E-state index contributed by atoms with van der Waals surface area (Å²) in [5.41, 5.74) is 1.67. The standard InChI is InChI=1S/C13H17ClN2O3/c1-2-15-9-10-3-5-11(6-4-10)13(18)16-8-7-12(17)19-14/h3-6,15H,2,7-9H2,1H3,(H,16,18). The summed E-state index contributed by atoms with van der Waals surface area (Å²) < 4.78 is 3.97. The lowest BCUT2D eigenvalue weighted by molar-refractivity contribution is -0.133. The number of carbonyl (C=O) groups excluding carboxylic acids is 2. The summed E-state index contributed by atoms with van der Waals surface area (Å²) in [7, 11) is 0. The zero-order chi connectivity index (χ0) is 14.1. The molecule has 6 heteroatoms. The van der Waals surface area contributed by atoms with Crippen molar-refractivity contribution in [2.45, 2.75) is 19.9 Å². The van der Waals surface area contributed by atoms with E-state index in [1.165, 1.54) is 0 Å². The van der Waals surface area contributed by atoms with Crippen LogP contribution in [0.25, 0.3) is 0 Å². The lowest BCUT2D eigenvalue weighted by Crippen LogP contribution is -2.26. The minimum absolute atomic E-state index is 0.0493. The molecule has 5 nitrogen and oxygen atoms in total. The number of benzene rings is 1. The van der Waals surface area contributed by atoms with Gasteiger partial charge in [0, 0.05) is 18.7 Å². The molecule has 0 saturated heterocycles. The Balaban J connectivity index is 2.42. The number of hydrogen-bond acceptors (Lipinski definition) is 4. The van der Waals surface area contributed by atoms with Crippen LogP contribution in [-0.4, -0.2) is 25.0 Å². The number of carbonyl (C=O) groups is 2. The van der Waals surface area contributed by atoms with Crippen LogP contribution in [0.5, 0.6) is 0 Å². The van der Waals surface area contributed by atoms with Gasteiger partial charge in [0.1, 0.15) is 11.9 Å². The monoisotopic (exact) mass is 284 g/mol. The van der Waals surface area contributed by atoms with Crippen LogP contribution in [0.1, 0.15) is 29.3 Å². The third-order valence-electron chi connectivity index (χ3n) is 2.50. The Morgan fingerprint density at radius 1 is 1.26 bits per heavy atom. The van der Waals surface area contributed by atoms with Crippen molar-refractivity contribution in [1.29, 1.82) is 0 Å². The van der Waals surface area contributed by atoms with Crippen molar-refractivity contribution in [2.24, 2.45) is 0 Å². The topological polar surface area (TPSA) is 67.4 Å². The summed E-state index contributed by atoms with van der Waals surface area (Å²) in [6.07, 6.45) is 0.0493. The van der Waals surface area contributed by atoms with Crippen molar-refractivity contribution >= 4 is 23.7 Å². The van der Waals surface area contributed by atoms with Crippen LogP contribution in [0.4, 0.5) is 0 Å². The quantitative estimate of drug-likeness (QED) is 0.798. The zero-order valence-corrected chi connectivity index (χ0v) is 11.5. The van der Waals surface area contributed by atoms with E-state index in [9.17, 15) is 9.59 Å². The molecule has 1 rings (SSSR count). The van der Waals surface area contributed by atoms with Crippen molar-refractivity contribution in [1.82, 2.24) is 10.6 Å². The van der Waals surface area contributed by atoms with Gasteiger partial charge in [-0.1, -0.05) is 19.1 Å². The molecule has 0 heterocycles. The van der Waals surface area contributed by atoms with E-state index in [2.05, 4.69) is 14.9 Å². The van der Waals surface area contributed by atoms with Gasteiger partial charge >= 0.3 is 5.97 Å². The molecule has 19 heavy (non-hydrogen) atoms. The Hall–Kier alpha value is -1.59. The van der Waals surface area contributed by atoms with Gasteiger partial charge in [-0.15, -0.1) is 0 Å². The number of rotatable bonds is 7. The first kappa shape index (κ1) is 15.5. The van der Waals surface area contributed by atoms with Crippen LogP contribution < -0.4 is 10.6 Å². The van der Waals surface area contributed by atoms with Crippen LogP contribution >= 0.6 is 11.9 Å². The SMILES string of the molecule is CCNCc1ccc(C(=O)NCCC(=O)OCl)cc1. The van der Waals surface area contributed by atoms with Gasteiger partial charge in [0.2, 0.25) is 0 Å². The molecule has 1 aromatic carbocycles. The van der Waals surface area contributed by atoms with E-state index in [1.807, 2.05) is 19.1 Å². The van der Waals surface area contributed by atoms with Gasteiger partial charge in [0.05, 0.1) is 6.42 Å². The molecule has 0 saturated carbocycles. The fraction of sp³-hybridized carbons (Fsp3) is 0.385. The first-order valence-electron chi connectivity index (χ1n) is 6.06. The van der Waals surface area contributed by atoms with Gasteiger partial charge in [-0.05, 0) is 24.2 Å². The molecule has 0 fully saturated rings. The Labute approximate surface area is 117 Å². The van der Waals surface area contributed by atoms with E-state index >= 15 is 0 Å². The van der Waals surface area contributed by atoms with Crippen molar-refractivity contribution in [3.63, 3.8) is 0 Å². The molecule has 0 spiro atoms. The number of nitrogens with one attached hydrogen (secondary N) is 2. The molecule has 0 atom stereocenters. The Morgan fingerprint density at radius 3 is 2.53 bits per heavy atom. The average Bonchev–Trinajstić information content (AvgIpc) is 2.45. The molecule has 0 aliphatic heterocycles. The van der Waals surface area contributed by atoms with E-state index in [4.69, 9.17) is 11.9 Å². The summed E-state index contributed by atoms with van der Waals surface area (Å²) in [5, 5.41) is 5.81. The highest BCUT2D eigenvalue weighted by Crippen LogP contribution is 2.04. The van der Waals surface area contributed by atoms with Crippen LogP contribution in [0, 0.1) is 0 Å². The molecule has 0 unspecified atom stereocenters. The van der Waals surface area contributed by atoms with Crippen LogP contribution in [0.15, 0.2) is 24.3 Å². The van der Waals surface area contributed by atoms with Crippen molar-refractivity contribution in [3.05, 3.63) is 35.4 Å². The first-order chi connectivity index (χ1) is 9.17. The van der Waals surface area contributed by atoms with Gasteiger partial charge in [0.25, 0.3) is 5.91 Å². The number of halogens is 1. The minimum Gasteiger partial charge on any atom is -0.351 e. The lowest BCUT2D eigenvalue weighted by atomic mass is 10.1. The maximum absolute atomic E-state index is 11.7. The van der Waals surface area contributed by atoms with Crippen LogP contribution in [0.2, 0.25) is 0 Å². The largest absolute Gasteiger partial charge is 0.351 e. The molecular formula is C13H17ClN2O3. The summed E-state index contributed by atoms with van der Waals surface area (Å²) in [5.74, 6) is -0.791. The van der Waals surface area contributed by atoms with Gasteiger partial charge in [-0.2, -0.15) is 0 Å². The van der Waals surface area contributed by atoms with Crippen LogP contribution in [-0.2, 0) is 15.6 Å². The van der Waals surface area contributed by atoms with Crippen LogP contribution in [0.3, 0.4) is 0 Å². The third kappa shape index (κ3) is 5.72. The van der Waals surface area contributed by atoms with Gasteiger partial charge < -0.3 is 14.9 Å². The molecule has 0 aliphatic carbocycles. The fourth-order valence-electron chi connectivity index (χ4n) is 1.46. The van der Waals surface area contributed by atoms with E-state index in [0.29, 0.717) is 5.56 Å². The summed E-state index contributed by atoms with van der Waals surface area (Å²) in [4.78, 5) is 22.5. The molecule has 104 valence electrons. The molecule has 2 N–H and O–H groups in total. The molecule has 1 aromatic rings. The first-order valence-corrected chi connectivity index (χ1v) is 6.37. The molecule has 0 radical (unpaired) electrons. The predicted octanol–water partition coefficient (Wildman–Crippen LogP) is 1.61. The maximum atomic E-state index is 11.7. The summed E-state index contributed by atoms with van der Waals surface area (Å²) >= 11 is 4.88. The number of amides is 1. The highest BCUT2D eigenvalue weighted by molar-refractivity contribution is 6.13. The molecular weight excluding hydrogens is 268 g/mol. The summed E-state index contributed by atoms with van der Waals surface area (Å²) in [6.45, 7) is 3.91. The second-order valence-corrected chi connectivity index (χ2v) is 4.09. The molecule has 0 bridgehead atoms. The maximum Gasteiger partial charge on any atom is 0.326 e. The predicted molar refractivity (Wildman–Crippen MR) is 72.7 cm³/mol. The second-order valence-electron chi connectivity index (χ2n) is 3.93. The van der Waals surface area contributed by atoms with Crippen molar-refractivity contribution in [3.8, 4) is 0 Å². The lowest BCUT2D eigenvalue weighted by Gasteiger charge is -2.06. The van der Waals surface area contributed by atoms with Crippen molar-refractivity contribution < 1.29 is 13.9 Å². The van der Waals surface area contributed by atoms with Crippen molar-refractivity contribution in [2.75, 3.05) is 13.1 Å². The van der Waals surface area contributed by atoms with E-state index in [-0.39, 0.29) is 18.9 Å². The smallest absolute Gasteiger partial charge is 0.326 e.